The fourth-order valence-electron chi connectivity index (χ4n) is 2.88. The normalized spacial score (nSPS) is 12.8. The van der Waals surface area contributed by atoms with Crippen LogP contribution in [0, 0.1) is 11.3 Å². The number of hydrogen-bond donors (Lipinski definition) is 1. The fourth-order valence-corrected chi connectivity index (χ4v) is 2.88. The van der Waals surface area contributed by atoms with Crippen LogP contribution in [0.2, 0.25) is 0 Å². The first-order chi connectivity index (χ1) is 13.2. The van der Waals surface area contributed by atoms with Crippen molar-refractivity contribution in [1.82, 2.24) is 4.98 Å². The highest BCUT2D eigenvalue weighted by Gasteiger charge is 2.16. The average Bonchev–Trinajstić information content (AvgIpc) is 2.73. The van der Waals surface area contributed by atoms with E-state index in [-0.39, 0.29) is 6.10 Å². The van der Waals surface area contributed by atoms with Gasteiger partial charge in [0, 0.05) is 12.4 Å². The van der Waals surface area contributed by atoms with Gasteiger partial charge in [-0.3, -0.25) is 4.98 Å². The third-order valence-electron chi connectivity index (χ3n) is 4.49. The van der Waals surface area contributed by atoms with Gasteiger partial charge in [0.15, 0.2) is 0 Å². The molecular weight excluding hydrogens is 336 g/mol. The molecule has 4 nitrogen and oxygen atoms in total. The maximum atomic E-state index is 10.4. The Labute approximate surface area is 159 Å². The van der Waals surface area contributed by atoms with Crippen LogP contribution < -0.4 is 4.74 Å². The molecule has 0 amide bonds. The summed E-state index contributed by atoms with van der Waals surface area (Å²) in [5, 5.41) is 19.4. The molecule has 0 radical (unpaired) electrons. The third kappa shape index (κ3) is 5.16. The van der Waals surface area contributed by atoms with Crippen molar-refractivity contribution in [2.45, 2.75) is 32.0 Å². The van der Waals surface area contributed by atoms with E-state index < -0.39 is 6.10 Å². The molecule has 1 heterocycles. The summed E-state index contributed by atoms with van der Waals surface area (Å²) in [4.78, 5) is 4.09. The predicted octanol–water partition coefficient (Wildman–Crippen LogP) is 4.38. The largest absolute Gasteiger partial charge is 0.488 e. The molecule has 136 valence electrons. The van der Waals surface area contributed by atoms with E-state index in [1.807, 2.05) is 67.7 Å². The molecule has 0 bridgehead atoms. The van der Waals surface area contributed by atoms with Crippen molar-refractivity contribution in [1.29, 1.82) is 5.26 Å². The van der Waals surface area contributed by atoms with Crippen molar-refractivity contribution in [3.05, 3.63) is 84.2 Å². The molecule has 2 unspecified atom stereocenters. The highest BCUT2D eigenvalue weighted by atomic mass is 16.5. The van der Waals surface area contributed by atoms with Crippen molar-refractivity contribution in [3.8, 4) is 22.9 Å². The standard InChI is InChI=1S/C23H22N2O2/c1-17(23(26)12-7-18-5-3-13-25-16-18)27-22-10-8-20(9-11-22)21-6-2-4-19(14-21)15-24/h2-6,8-11,13-14,16-17,23,26H,7,12H2,1H3. The summed E-state index contributed by atoms with van der Waals surface area (Å²) in [6.45, 7) is 1.87. The smallest absolute Gasteiger partial charge is 0.122 e. The highest BCUT2D eigenvalue weighted by Crippen LogP contribution is 2.24. The van der Waals surface area contributed by atoms with E-state index in [0.717, 1.165) is 23.1 Å². The number of ether oxygens (including phenoxy) is 1. The third-order valence-corrected chi connectivity index (χ3v) is 4.49. The van der Waals surface area contributed by atoms with Gasteiger partial charge in [0.05, 0.1) is 17.7 Å². The second-order valence-corrected chi connectivity index (χ2v) is 6.51. The minimum atomic E-state index is -0.558. The molecule has 0 spiro atoms. The number of benzene rings is 2. The van der Waals surface area contributed by atoms with Crippen LogP contribution in [0.15, 0.2) is 73.1 Å². The van der Waals surface area contributed by atoms with Crippen LogP contribution >= 0.6 is 0 Å². The Balaban J connectivity index is 1.57. The van der Waals surface area contributed by atoms with Crippen molar-refractivity contribution in [3.63, 3.8) is 0 Å². The van der Waals surface area contributed by atoms with Crippen LogP contribution in [-0.4, -0.2) is 22.3 Å². The monoisotopic (exact) mass is 358 g/mol. The molecule has 1 aromatic heterocycles. The number of aromatic nitrogens is 1. The number of nitriles is 1. The maximum absolute atomic E-state index is 10.4. The van der Waals surface area contributed by atoms with E-state index in [9.17, 15) is 5.11 Å². The van der Waals surface area contributed by atoms with Gasteiger partial charge in [-0.1, -0.05) is 30.3 Å². The minimum Gasteiger partial charge on any atom is -0.488 e. The maximum Gasteiger partial charge on any atom is 0.122 e. The van der Waals surface area contributed by atoms with Crippen LogP contribution in [-0.2, 0) is 6.42 Å². The van der Waals surface area contributed by atoms with Gasteiger partial charge < -0.3 is 9.84 Å². The van der Waals surface area contributed by atoms with Gasteiger partial charge in [-0.05, 0) is 66.8 Å². The zero-order chi connectivity index (χ0) is 19.1. The first-order valence-corrected chi connectivity index (χ1v) is 9.00. The molecule has 2 atom stereocenters. The summed E-state index contributed by atoms with van der Waals surface area (Å²) in [6.07, 6.45) is 4.07. The Morgan fingerprint density at radius 3 is 2.59 bits per heavy atom. The van der Waals surface area contributed by atoms with E-state index in [1.54, 1.807) is 12.3 Å². The molecule has 2 aromatic carbocycles. The van der Waals surface area contributed by atoms with Crippen molar-refractivity contribution in [2.75, 3.05) is 0 Å². The van der Waals surface area contributed by atoms with E-state index in [0.29, 0.717) is 17.7 Å². The van der Waals surface area contributed by atoms with Crippen LogP contribution in [0.5, 0.6) is 5.75 Å². The van der Waals surface area contributed by atoms with E-state index in [1.165, 1.54) is 0 Å². The molecule has 0 saturated heterocycles. The molecule has 3 aromatic rings. The fraction of sp³-hybridized carbons (Fsp3) is 0.217. The van der Waals surface area contributed by atoms with Gasteiger partial charge in [-0.2, -0.15) is 5.26 Å². The summed E-state index contributed by atoms with van der Waals surface area (Å²) in [5.41, 5.74) is 3.75. The summed E-state index contributed by atoms with van der Waals surface area (Å²) < 4.78 is 5.88. The molecule has 3 rings (SSSR count). The van der Waals surface area contributed by atoms with Crippen LogP contribution in [0.1, 0.15) is 24.5 Å². The van der Waals surface area contributed by atoms with Gasteiger partial charge in [-0.15, -0.1) is 0 Å². The SMILES string of the molecule is CC(Oc1ccc(-c2cccc(C#N)c2)cc1)C(O)CCc1cccnc1. The summed E-state index contributed by atoms with van der Waals surface area (Å²) in [5.74, 6) is 0.711. The molecule has 0 aliphatic carbocycles. The van der Waals surface area contributed by atoms with Crippen molar-refractivity contribution in [2.24, 2.45) is 0 Å². The van der Waals surface area contributed by atoms with Gasteiger partial charge in [0.1, 0.15) is 11.9 Å². The Morgan fingerprint density at radius 1 is 1.07 bits per heavy atom. The molecule has 27 heavy (non-hydrogen) atoms. The van der Waals surface area contributed by atoms with Gasteiger partial charge >= 0.3 is 0 Å². The van der Waals surface area contributed by atoms with E-state index in [4.69, 9.17) is 10.00 Å². The predicted molar refractivity (Wildman–Crippen MR) is 105 cm³/mol. The van der Waals surface area contributed by atoms with E-state index in [2.05, 4.69) is 11.1 Å². The van der Waals surface area contributed by atoms with Gasteiger partial charge in [-0.25, -0.2) is 0 Å². The molecule has 1 N–H and O–H groups in total. The number of hydrogen-bond acceptors (Lipinski definition) is 4. The minimum absolute atomic E-state index is 0.311. The lowest BCUT2D eigenvalue weighted by Crippen LogP contribution is -2.29. The number of pyridine rings is 1. The second kappa shape index (κ2) is 8.98. The zero-order valence-corrected chi connectivity index (χ0v) is 15.2. The van der Waals surface area contributed by atoms with Gasteiger partial charge in [0.25, 0.3) is 0 Å². The van der Waals surface area contributed by atoms with E-state index >= 15 is 0 Å². The Hall–Kier alpha value is -3.16. The quantitative estimate of drug-likeness (QED) is 0.680. The molecular formula is C23H22N2O2. The van der Waals surface area contributed by atoms with Crippen molar-refractivity contribution >= 4 is 0 Å². The topological polar surface area (TPSA) is 66.1 Å². The lowest BCUT2D eigenvalue weighted by molar-refractivity contribution is 0.0420. The molecule has 0 fully saturated rings. The number of nitrogens with zero attached hydrogens (tertiary/aromatic N) is 2. The lowest BCUT2D eigenvalue weighted by atomic mass is 10.0. The summed E-state index contributed by atoms with van der Waals surface area (Å²) in [7, 11) is 0. The van der Waals surface area contributed by atoms with Gasteiger partial charge in [0.2, 0.25) is 0 Å². The molecule has 0 aliphatic rings. The molecule has 4 heteroatoms. The summed E-state index contributed by atoms with van der Waals surface area (Å²) in [6, 6.07) is 21.2. The van der Waals surface area contributed by atoms with Crippen LogP contribution in [0.3, 0.4) is 0 Å². The Kier molecular flexibility index (Phi) is 6.19. The first kappa shape index (κ1) is 18.6. The zero-order valence-electron chi connectivity index (χ0n) is 15.2. The Bertz CT molecular complexity index is 902. The lowest BCUT2D eigenvalue weighted by Gasteiger charge is -2.20. The molecule has 0 aliphatic heterocycles. The highest BCUT2D eigenvalue weighted by molar-refractivity contribution is 5.65. The molecule has 0 saturated carbocycles. The van der Waals surface area contributed by atoms with Crippen molar-refractivity contribution < 1.29 is 9.84 Å². The summed E-state index contributed by atoms with van der Waals surface area (Å²) >= 11 is 0. The number of aliphatic hydroxyl groups excluding tert-OH is 1. The second-order valence-electron chi connectivity index (χ2n) is 6.51. The average molecular weight is 358 g/mol. The number of rotatable bonds is 7. The number of aryl methyl sites for hydroxylation is 1. The Morgan fingerprint density at radius 2 is 1.89 bits per heavy atom. The van der Waals surface area contributed by atoms with Crippen LogP contribution in [0.25, 0.3) is 11.1 Å². The number of aliphatic hydroxyl groups is 1. The van der Waals surface area contributed by atoms with Crippen LogP contribution in [0.4, 0.5) is 0 Å². The first-order valence-electron chi connectivity index (χ1n) is 9.00.